The Morgan fingerprint density at radius 3 is 1.75 bits per heavy atom. The van der Waals surface area contributed by atoms with Crippen LogP contribution in [-0.2, 0) is 0 Å². The van der Waals surface area contributed by atoms with Crippen LogP contribution in [0.25, 0.3) is 0 Å². The molecule has 0 spiro atoms. The van der Waals surface area contributed by atoms with Gasteiger partial charge in [-0.25, -0.2) is 11.0 Å². The predicted molar refractivity (Wildman–Crippen MR) is 94.9 cm³/mol. The minimum absolute atomic E-state index is 1.04. The van der Waals surface area contributed by atoms with Crippen LogP contribution >= 0.6 is 0 Å². The number of hydrogen-bond donors (Lipinski definition) is 3. The van der Waals surface area contributed by atoms with E-state index >= 15 is 0 Å². The molecule has 0 aromatic heterocycles. The van der Waals surface area contributed by atoms with Crippen LogP contribution in [0, 0.1) is 10.1 Å². The maximum atomic E-state index is 8.36. The lowest BCUT2D eigenvalue weighted by Gasteiger charge is -2.18. The van der Waals surface area contributed by atoms with Gasteiger partial charge >= 0.3 is 0 Å². The Hall–Kier alpha value is -1.54. The van der Waals surface area contributed by atoms with E-state index < -0.39 is 5.09 Å². The molecule has 142 valence electrons. The molecule has 1 aliphatic heterocycles. The lowest BCUT2D eigenvalue weighted by molar-refractivity contribution is -0.742. The minimum Gasteiger partial charge on any atom is -0.328 e. The summed E-state index contributed by atoms with van der Waals surface area (Å²) >= 11 is 0. The third kappa shape index (κ3) is 16.8. The first-order valence-corrected chi connectivity index (χ1v) is 9.14. The van der Waals surface area contributed by atoms with Crippen molar-refractivity contribution in [3.05, 3.63) is 22.5 Å². The van der Waals surface area contributed by atoms with Gasteiger partial charge in [0.05, 0.1) is 6.20 Å². The van der Waals surface area contributed by atoms with Gasteiger partial charge in [0.15, 0.2) is 0 Å². The van der Waals surface area contributed by atoms with Crippen LogP contribution in [0.1, 0.15) is 84.0 Å². The third-order valence-corrected chi connectivity index (χ3v) is 3.90. The zero-order chi connectivity index (χ0) is 18.0. The molecule has 0 fully saturated rings. The molecule has 1 rings (SSSR count). The van der Waals surface area contributed by atoms with Crippen LogP contribution in [-0.4, -0.2) is 27.0 Å². The highest BCUT2D eigenvalue weighted by Crippen LogP contribution is 2.12. The maximum absolute atomic E-state index is 8.36. The van der Waals surface area contributed by atoms with Crippen LogP contribution < -0.4 is 11.4 Å². The summed E-state index contributed by atoms with van der Waals surface area (Å²) in [5.74, 6) is 5.56. The van der Waals surface area contributed by atoms with E-state index in [1.165, 1.54) is 82.2 Å². The highest BCUT2D eigenvalue weighted by atomic mass is 16.9. The predicted octanol–water partition coefficient (Wildman–Crippen LogP) is 3.72. The number of hydrogen-bond acceptors (Lipinski definition) is 6. The number of nitrogens with one attached hydrogen (secondary N) is 1. The first-order chi connectivity index (χ1) is 11.6. The summed E-state index contributed by atoms with van der Waals surface area (Å²) in [6, 6.07) is 0. The fourth-order valence-electron chi connectivity index (χ4n) is 2.61. The smallest absolute Gasteiger partial charge is 0.291 e. The first-order valence-electron chi connectivity index (χ1n) is 9.14. The summed E-state index contributed by atoms with van der Waals surface area (Å²) in [5, 5.41) is 17.2. The zero-order valence-electron chi connectivity index (χ0n) is 15.0. The average Bonchev–Trinajstić information content (AvgIpc) is 2.93. The van der Waals surface area contributed by atoms with Crippen molar-refractivity contribution in [2.75, 3.05) is 6.54 Å². The van der Waals surface area contributed by atoms with Crippen molar-refractivity contribution >= 4 is 0 Å². The lowest BCUT2D eigenvalue weighted by Crippen LogP contribution is -2.43. The Morgan fingerprint density at radius 2 is 1.38 bits per heavy atom. The maximum Gasteiger partial charge on any atom is 0.291 e. The second kappa shape index (κ2) is 16.3. The van der Waals surface area contributed by atoms with Gasteiger partial charge in [0.25, 0.3) is 5.09 Å². The standard InChI is InChI=1S/C16H34N4.HNO3/c1-2-3-4-5-6-7-8-9-10-11-12-13-14-19-15-16-20(17)18-19;2-1(3)4/h15-16,18H,2-14,17H2,1H3;(H,2,3,4). The van der Waals surface area contributed by atoms with Crippen molar-refractivity contribution in [3.8, 4) is 0 Å². The minimum atomic E-state index is -1.50. The van der Waals surface area contributed by atoms with Crippen molar-refractivity contribution in [2.45, 2.75) is 84.0 Å². The summed E-state index contributed by atoms with van der Waals surface area (Å²) in [6.07, 6.45) is 20.6. The molecule has 0 atom stereocenters. The van der Waals surface area contributed by atoms with E-state index in [2.05, 4.69) is 12.5 Å². The quantitative estimate of drug-likeness (QED) is 0.202. The molecular formula is C16H35N5O3. The number of unbranched alkanes of at least 4 members (excludes halogenated alkanes) is 11. The number of nitrogens with zero attached hydrogens (tertiary/aromatic N) is 3. The molecule has 0 aromatic rings. The Labute approximate surface area is 145 Å². The summed E-state index contributed by atoms with van der Waals surface area (Å²) in [5.41, 5.74) is 3.03. The molecule has 0 unspecified atom stereocenters. The monoisotopic (exact) mass is 345 g/mol. The molecule has 4 N–H and O–H groups in total. The zero-order valence-corrected chi connectivity index (χ0v) is 15.0. The van der Waals surface area contributed by atoms with E-state index in [9.17, 15) is 0 Å². The molecule has 0 saturated heterocycles. The fraction of sp³-hybridized carbons (Fsp3) is 0.875. The number of rotatable bonds is 13. The second-order valence-electron chi connectivity index (χ2n) is 6.13. The van der Waals surface area contributed by atoms with Crippen molar-refractivity contribution in [3.63, 3.8) is 0 Å². The molecule has 1 aliphatic rings. The van der Waals surface area contributed by atoms with Crippen LogP contribution in [0.5, 0.6) is 0 Å². The van der Waals surface area contributed by atoms with Crippen LogP contribution in [0.15, 0.2) is 12.4 Å². The van der Waals surface area contributed by atoms with E-state index in [-0.39, 0.29) is 0 Å². The third-order valence-electron chi connectivity index (χ3n) is 3.90. The largest absolute Gasteiger partial charge is 0.328 e. The topological polar surface area (TPSA) is 108 Å². The lowest BCUT2D eigenvalue weighted by atomic mass is 10.1. The van der Waals surface area contributed by atoms with Crippen molar-refractivity contribution in [1.82, 2.24) is 15.7 Å². The molecule has 24 heavy (non-hydrogen) atoms. The SMILES string of the molecule is CCCCCCCCCCCCCCN1C=CN(N)N1.O=[N+]([O-])O. The van der Waals surface area contributed by atoms with E-state index in [0.29, 0.717) is 0 Å². The van der Waals surface area contributed by atoms with Gasteiger partial charge in [0.2, 0.25) is 0 Å². The molecule has 0 aromatic carbocycles. The van der Waals surface area contributed by atoms with E-state index in [1.54, 1.807) is 0 Å². The molecule has 1 heterocycles. The molecule has 0 amide bonds. The van der Waals surface area contributed by atoms with Gasteiger partial charge < -0.3 is 5.21 Å². The van der Waals surface area contributed by atoms with Crippen molar-refractivity contribution < 1.29 is 10.3 Å². The summed E-state index contributed by atoms with van der Waals surface area (Å²) < 4.78 is 0. The van der Waals surface area contributed by atoms with Crippen LogP contribution in [0.3, 0.4) is 0 Å². The van der Waals surface area contributed by atoms with Crippen LogP contribution in [0.4, 0.5) is 0 Å². The Balaban J connectivity index is 0.00000118. The molecule has 0 saturated carbocycles. The van der Waals surface area contributed by atoms with Gasteiger partial charge in [0, 0.05) is 12.7 Å². The summed E-state index contributed by atoms with van der Waals surface area (Å²) in [6.45, 7) is 3.32. The van der Waals surface area contributed by atoms with E-state index in [4.69, 9.17) is 21.2 Å². The van der Waals surface area contributed by atoms with Crippen molar-refractivity contribution in [1.29, 1.82) is 0 Å². The van der Waals surface area contributed by atoms with Gasteiger partial charge in [-0.05, 0) is 6.42 Å². The van der Waals surface area contributed by atoms with Gasteiger partial charge in [-0.1, -0.05) is 77.6 Å². The van der Waals surface area contributed by atoms with Gasteiger partial charge in [-0.2, -0.15) is 0 Å². The highest BCUT2D eigenvalue weighted by Gasteiger charge is 2.06. The van der Waals surface area contributed by atoms with Gasteiger partial charge in [-0.15, -0.1) is 15.6 Å². The summed E-state index contributed by atoms with van der Waals surface area (Å²) in [7, 11) is 0. The van der Waals surface area contributed by atoms with Crippen LogP contribution in [0.2, 0.25) is 0 Å². The van der Waals surface area contributed by atoms with E-state index in [0.717, 1.165) is 6.54 Å². The Bertz CT molecular complexity index is 325. The fourth-order valence-corrected chi connectivity index (χ4v) is 2.61. The average molecular weight is 345 g/mol. The number of nitrogens with two attached hydrogens (primary N) is 1. The first kappa shape index (κ1) is 22.5. The van der Waals surface area contributed by atoms with Gasteiger partial charge in [-0.3, -0.25) is 5.01 Å². The molecule has 0 aliphatic carbocycles. The molecular weight excluding hydrogens is 310 g/mol. The molecule has 8 heteroatoms. The molecule has 8 nitrogen and oxygen atoms in total. The summed E-state index contributed by atoms with van der Waals surface area (Å²) in [4.78, 5) is 8.36. The normalized spacial score (nSPS) is 13.1. The van der Waals surface area contributed by atoms with Crippen molar-refractivity contribution in [2.24, 2.45) is 5.84 Å². The number of hydrazine groups is 3. The molecule has 0 radical (unpaired) electrons. The van der Waals surface area contributed by atoms with E-state index in [1.807, 2.05) is 17.4 Å². The second-order valence-corrected chi connectivity index (χ2v) is 6.13. The highest BCUT2D eigenvalue weighted by molar-refractivity contribution is 4.82. The Kier molecular flexibility index (Phi) is 15.3. The Morgan fingerprint density at radius 1 is 0.958 bits per heavy atom. The molecule has 0 bridgehead atoms. The van der Waals surface area contributed by atoms with Gasteiger partial charge in [0.1, 0.15) is 0 Å².